The first-order valence-electron chi connectivity index (χ1n) is 6.91. The summed E-state index contributed by atoms with van der Waals surface area (Å²) < 4.78 is 14.8. The van der Waals surface area contributed by atoms with Crippen molar-refractivity contribution < 1.29 is 28.6 Å². The first-order valence-corrected chi connectivity index (χ1v) is 6.91. The summed E-state index contributed by atoms with van der Waals surface area (Å²) in [6.07, 6.45) is 0. The van der Waals surface area contributed by atoms with E-state index in [1.54, 1.807) is 0 Å². The van der Waals surface area contributed by atoms with Crippen LogP contribution in [0.5, 0.6) is 0 Å². The Labute approximate surface area is 145 Å². The minimum atomic E-state index is -1.12. The van der Waals surface area contributed by atoms with Crippen molar-refractivity contribution in [2.45, 2.75) is 13.8 Å². The summed E-state index contributed by atoms with van der Waals surface area (Å²) in [4.78, 5) is 34.6. The number of nitrogens with zero attached hydrogens (tertiary/aromatic N) is 2. The summed E-state index contributed by atoms with van der Waals surface area (Å²) in [5.74, 6) is -2.58. The van der Waals surface area contributed by atoms with Crippen LogP contribution in [0.2, 0.25) is 0 Å². The first kappa shape index (κ1) is 21.6. The summed E-state index contributed by atoms with van der Waals surface area (Å²) in [5.41, 5.74) is -1.78. The van der Waals surface area contributed by atoms with Crippen molar-refractivity contribution in [1.82, 2.24) is 0 Å². The van der Waals surface area contributed by atoms with Crippen LogP contribution >= 0.6 is 0 Å². The molecule has 0 N–H and O–H groups in total. The Morgan fingerprint density at radius 2 is 1.16 bits per heavy atom. The van der Waals surface area contributed by atoms with Gasteiger partial charge in [0.25, 0.3) is 0 Å². The Morgan fingerprint density at radius 3 is 1.44 bits per heavy atom. The van der Waals surface area contributed by atoms with E-state index in [9.17, 15) is 14.4 Å². The number of rotatable bonds is 9. The number of hydrogen-bond donors (Lipinski definition) is 0. The molecule has 0 amide bonds. The fraction of sp³-hybridized carbons (Fsp3) is 0.353. The van der Waals surface area contributed by atoms with Crippen LogP contribution in [0.4, 0.5) is 0 Å². The Bertz CT molecular complexity index is 651. The van der Waals surface area contributed by atoms with Crippen LogP contribution in [-0.4, -0.2) is 37.7 Å². The SMILES string of the molecule is C=C(C)C(=O)OCC(C)(COC(=O)C(=C)C#N)COC(=O)C(=C)C#N. The third kappa shape index (κ3) is 7.62. The third-order valence-electron chi connectivity index (χ3n) is 2.77. The monoisotopic (exact) mass is 346 g/mol. The van der Waals surface area contributed by atoms with Gasteiger partial charge in [0, 0.05) is 5.57 Å². The molecule has 0 heterocycles. The Morgan fingerprint density at radius 1 is 0.840 bits per heavy atom. The molecule has 0 aliphatic heterocycles. The minimum Gasteiger partial charge on any atom is -0.461 e. The van der Waals surface area contributed by atoms with Crippen LogP contribution in [-0.2, 0) is 28.6 Å². The quantitative estimate of drug-likeness (QED) is 0.265. The van der Waals surface area contributed by atoms with Crippen molar-refractivity contribution in [2.75, 3.05) is 19.8 Å². The number of nitriles is 2. The molecule has 8 heteroatoms. The third-order valence-corrected chi connectivity index (χ3v) is 2.77. The highest BCUT2D eigenvalue weighted by Crippen LogP contribution is 2.20. The molecule has 0 aromatic rings. The van der Waals surface area contributed by atoms with E-state index in [1.807, 2.05) is 0 Å². The van der Waals surface area contributed by atoms with Crippen LogP contribution in [0.15, 0.2) is 36.5 Å². The van der Waals surface area contributed by atoms with Crippen LogP contribution in [0, 0.1) is 28.1 Å². The number of carbonyl (C=O) groups excluding carboxylic acids is 3. The summed E-state index contributed by atoms with van der Waals surface area (Å²) in [6.45, 7) is 11.9. The van der Waals surface area contributed by atoms with Gasteiger partial charge in [-0.25, -0.2) is 14.4 Å². The first-order chi connectivity index (χ1) is 11.6. The highest BCUT2D eigenvalue weighted by atomic mass is 16.6. The van der Waals surface area contributed by atoms with Gasteiger partial charge in [0.2, 0.25) is 0 Å². The normalized spacial score (nSPS) is 9.76. The van der Waals surface area contributed by atoms with E-state index in [1.165, 1.54) is 26.0 Å². The van der Waals surface area contributed by atoms with E-state index in [0.29, 0.717) is 0 Å². The fourth-order valence-electron chi connectivity index (χ4n) is 1.23. The second kappa shape index (κ2) is 9.68. The van der Waals surface area contributed by atoms with Crippen molar-refractivity contribution in [2.24, 2.45) is 5.41 Å². The van der Waals surface area contributed by atoms with Gasteiger partial charge in [-0.1, -0.05) is 19.7 Å². The number of esters is 3. The molecule has 0 rings (SSSR count). The minimum absolute atomic E-state index is 0.159. The molecule has 0 atom stereocenters. The molecule has 0 fully saturated rings. The van der Waals surface area contributed by atoms with Crippen LogP contribution in [0.25, 0.3) is 0 Å². The molecule has 132 valence electrons. The summed E-state index contributed by atoms with van der Waals surface area (Å²) in [6, 6.07) is 3.08. The van der Waals surface area contributed by atoms with Gasteiger partial charge in [-0.2, -0.15) is 10.5 Å². The topological polar surface area (TPSA) is 126 Å². The predicted octanol–water partition coefficient (Wildman–Crippen LogP) is 1.36. The maximum atomic E-state index is 11.5. The molecule has 0 saturated carbocycles. The van der Waals surface area contributed by atoms with Gasteiger partial charge in [0.15, 0.2) is 0 Å². The number of hydrogen-bond acceptors (Lipinski definition) is 8. The van der Waals surface area contributed by atoms with Gasteiger partial charge in [-0.05, 0) is 13.8 Å². The van der Waals surface area contributed by atoms with Crippen LogP contribution in [0.3, 0.4) is 0 Å². The number of ether oxygens (including phenoxy) is 3. The second-order valence-corrected chi connectivity index (χ2v) is 5.50. The van der Waals surface area contributed by atoms with Gasteiger partial charge in [-0.15, -0.1) is 0 Å². The zero-order valence-corrected chi connectivity index (χ0v) is 14.1. The van der Waals surface area contributed by atoms with Crippen molar-refractivity contribution in [3.8, 4) is 12.1 Å². The van der Waals surface area contributed by atoms with E-state index in [4.69, 9.17) is 24.7 Å². The highest BCUT2D eigenvalue weighted by Gasteiger charge is 2.31. The highest BCUT2D eigenvalue weighted by molar-refractivity contribution is 5.92. The van der Waals surface area contributed by atoms with Crippen molar-refractivity contribution in [3.63, 3.8) is 0 Å². The standard InChI is InChI=1S/C17H18N2O6/c1-11(2)14(20)23-8-17(5,9-24-15(21)12(3)6-18)10-25-16(22)13(4)7-19/h1,3-4,8-10H2,2,5H3. The largest absolute Gasteiger partial charge is 0.461 e. The molecule has 8 nitrogen and oxygen atoms in total. The molecule has 0 radical (unpaired) electrons. The summed E-state index contributed by atoms with van der Waals surface area (Å²) in [7, 11) is 0. The maximum absolute atomic E-state index is 11.5. The second-order valence-electron chi connectivity index (χ2n) is 5.50. The molecule has 0 saturated heterocycles. The Hall–Kier alpha value is -3.39. The van der Waals surface area contributed by atoms with Crippen LogP contribution < -0.4 is 0 Å². The molecule has 0 aliphatic carbocycles. The summed E-state index contributed by atoms with van der Waals surface area (Å²) in [5, 5.41) is 17.2. The lowest BCUT2D eigenvalue weighted by molar-refractivity contribution is -0.155. The molecule has 0 unspecified atom stereocenters. The fourth-order valence-corrected chi connectivity index (χ4v) is 1.23. The van der Waals surface area contributed by atoms with Crippen LogP contribution in [0.1, 0.15) is 13.8 Å². The molecule has 0 aliphatic rings. The number of carbonyl (C=O) groups is 3. The molecular weight excluding hydrogens is 328 g/mol. The molecular formula is C17H18N2O6. The van der Waals surface area contributed by atoms with E-state index < -0.39 is 34.5 Å². The van der Waals surface area contributed by atoms with E-state index in [0.717, 1.165) is 0 Å². The van der Waals surface area contributed by atoms with Crippen molar-refractivity contribution in [1.29, 1.82) is 10.5 Å². The van der Waals surface area contributed by atoms with Crippen molar-refractivity contribution in [3.05, 3.63) is 36.5 Å². The summed E-state index contributed by atoms with van der Waals surface area (Å²) >= 11 is 0. The molecule has 0 spiro atoms. The average Bonchev–Trinajstić information content (AvgIpc) is 2.60. The lowest BCUT2D eigenvalue weighted by atomic mass is 9.94. The lowest BCUT2D eigenvalue weighted by Crippen LogP contribution is -2.37. The van der Waals surface area contributed by atoms with E-state index in [-0.39, 0.29) is 25.4 Å². The predicted molar refractivity (Wildman–Crippen MR) is 85.3 cm³/mol. The zero-order chi connectivity index (χ0) is 19.6. The van der Waals surface area contributed by atoms with E-state index in [2.05, 4.69) is 19.7 Å². The van der Waals surface area contributed by atoms with Crippen molar-refractivity contribution >= 4 is 17.9 Å². The van der Waals surface area contributed by atoms with Gasteiger partial charge < -0.3 is 14.2 Å². The zero-order valence-electron chi connectivity index (χ0n) is 14.1. The van der Waals surface area contributed by atoms with Gasteiger partial charge in [0.1, 0.15) is 43.1 Å². The average molecular weight is 346 g/mol. The van der Waals surface area contributed by atoms with Gasteiger partial charge in [0.05, 0.1) is 5.41 Å². The lowest BCUT2D eigenvalue weighted by Gasteiger charge is -2.27. The van der Waals surface area contributed by atoms with Gasteiger partial charge in [-0.3, -0.25) is 0 Å². The molecule has 25 heavy (non-hydrogen) atoms. The Kier molecular flexibility index (Phi) is 8.37. The smallest absolute Gasteiger partial charge is 0.348 e. The maximum Gasteiger partial charge on any atom is 0.348 e. The Balaban J connectivity index is 5.02. The molecule has 0 bridgehead atoms. The molecule has 0 aromatic carbocycles. The molecule has 0 aromatic heterocycles. The van der Waals surface area contributed by atoms with Gasteiger partial charge >= 0.3 is 17.9 Å². The van der Waals surface area contributed by atoms with E-state index >= 15 is 0 Å².